The van der Waals surface area contributed by atoms with Crippen molar-refractivity contribution in [3.8, 4) is 0 Å². The molecule has 16 heavy (non-hydrogen) atoms. The second kappa shape index (κ2) is 5.25. The zero-order valence-corrected chi connectivity index (χ0v) is 10.8. The molecule has 1 aliphatic rings. The number of thiazole rings is 1. The molecule has 2 N–H and O–H groups in total. The van der Waals surface area contributed by atoms with Gasteiger partial charge in [0.1, 0.15) is 0 Å². The van der Waals surface area contributed by atoms with Crippen LogP contribution in [0.5, 0.6) is 0 Å². The summed E-state index contributed by atoms with van der Waals surface area (Å²) < 4.78 is 5.52. The number of hydrogen-bond donors (Lipinski definition) is 1. The second-order valence-electron chi connectivity index (χ2n) is 4.63. The van der Waals surface area contributed by atoms with Crippen LogP contribution in [-0.4, -0.2) is 18.2 Å². The van der Waals surface area contributed by atoms with Crippen molar-refractivity contribution in [2.45, 2.75) is 45.1 Å². The Hall–Kier alpha value is -0.450. The minimum atomic E-state index is 0.466. The van der Waals surface area contributed by atoms with Crippen molar-refractivity contribution in [3.05, 3.63) is 15.6 Å². The van der Waals surface area contributed by atoms with E-state index in [4.69, 9.17) is 15.5 Å². The standard InChI is InChI=1S/C12H20N2OS/c1-8(2)11-10(6-13)16-12(14-11)9-4-3-5-15-7-9/h8-9H,3-7,13H2,1-2H3. The Morgan fingerprint density at radius 3 is 2.88 bits per heavy atom. The molecule has 1 aromatic rings. The van der Waals surface area contributed by atoms with E-state index in [0.717, 1.165) is 19.6 Å². The fourth-order valence-electron chi connectivity index (χ4n) is 2.09. The van der Waals surface area contributed by atoms with Gasteiger partial charge >= 0.3 is 0 Å². The highest BCUT2D eigenvalue weighted by Crippen LogP contribution is 2.33. The lowest BCUT2D eigenvalue weighted by Crippen LogP contribution is -2.15. The van der Waals surface area contributed by atoms with E-state index in [0.29, 0.717) is 18.4 Å². The number of rotatable bonds is 3. The summed E-state index contributed by atoms with van der Waals surface area (Å²) in [7, 11) is 0. The lowest BCUT2D eigenvalue weighted by molar-refractivity contribution is 0.0803. The molecule has 1 atom stereocenters. The Morgan fingerprint density at radius 1 is 1.56 bits per heavy atom. The van der Waals surface area contributed by atoms with Crippen LogP contribution < -0.4 is 5.73 Å². The smallest absolute Gasteiger partial charge is 0.0985 e. The van der Waals surface area contributed by atoms with Gasteiger partial charge in [0.25, 0.3) is 0 Å². The van der Waals surface area contributed by atoms with Crippen molar-refractivity contribution < 1.29 is 4.74 Å². The molecule has 3 nitrogen and oxygen atoms in total. The summed E-state index contributed by atoms with van der Waals surface area (Å²) in [5, 5.41) is 1.23. The second-order valence-corrected chi connectivity index (χ2v) is 5.75. The highest BCUT2D eigenvalue weighted by atomic mass is 32.1. The van der Waals surface area contributed by atoms with Crippen molar-refractivity contribution in [1.29, 1.82) is 0 Å². The first-order valence-electron chi connectivity index (χ1n) is 5.99. The van der Waals surface area contributed by atoms with Gasteiger partial charge in [0.2, 0.25) is 0 Å². The van der Waals surface area contributed by atoms with Crippen molar-refractivity contribution >= 4 is 11.3 Å². The molecule has 0 aliphatic carbocycles. The molecule has 90 valence electrons. The molecule has 1 unspecified atom stereocenters. The third kappa shape index (κ3) is 2.44. The molecule has 0 amide bonds. The van der Waals surface area contributed by atoms with Crippen LogP contribution in [0.1, 0.15) is 54.1 Å². The van der Waals surface area contributed by atoms with Crippen molar-refractivity contribution in [2.24, 2.45) is 5.73 Å². The first kappa shape index (κ1) is 12.0. The van der Waals surface area contributed by atoms with Gasteiger partial charge in [-0.25, -0.2) is 4.98 Å². The van der Waals surface area contributed by atoms with E-state index in [1.807, 2.05) is 0 Å². The normalized spacial score (nSPS) is 21.6. The summed E-state index contributed by atoms with van der Waals surface area (Å²) in [4.78, 5) is 6.01. The molecule has 0 spiro atoms. The van der Waals surface area contributed by atoms with Crippen LogP contribution in [0.2, 0.25) is 0 Å². The molecule has 1 aromatic heterocycles. The first-order valence-corrected chi connectivity index (χ1v) is 6.81. The van der Waals surface area contributed by atoms with Gasteiger partial charge in [-0.05, 0) is 18.8 Å². The maximum atomic E-state index is 5.77. The monoisotopic (exact) mass is 240 g/mol. The van der Waals surface area contributed by atoms with Crippen LogP contribution >= 0.6 is 11.3 Å². The van der Waals surface area contributed by atoms with Gasteiger partial charge in [-0.1, -0.05) is 13.8 Å². The van der Waals surface area contributed by atoms with E-state index >= 15 is 0 Å². The van der Waals surface area contributed by atoms with Crippen LogP contribution in [0.4, 0.5) is 0 Å². The van der Waals surface area contributed by atoms with Gasteiger partial charge in [0, 0.05) is 23.9 Å². The number of nitrogens with two attached hydrogens (primary N) is 1. The van der Waals surface area contributed by atoms with Crippen LogP contribution in [0.15, 0.2) is 0 Å². The van der Waals surface area contributed by atoms with Gasteiger partial charge in [0.15, 0.2) is 0 Å². The molecule has 0 aromatic carbocycles. The van der Waals surface area contributed by atoms with Gasteiger partial charge in [-0.2, -0.15) is 0 Å². The zero-order chi connectivity index (χ0) is 11.5. The fourth-order valence-corrected chi connectivity index (χ4v) is 3.31. The summed E-state index contributed by atoms with van der Waals surface area (Å²) in [6.07, 6.45) is 2.36. The average molecular weight is 240 g/mol. The first-order chi connectivity index (χ1) is 7.72. The summed E-state index contributed by atoms with van der Waals surface area (Å²) in [5.41, 5.74) is 6.96. The summed E-state index contributed by atoms with van der Waals surface area (Å²) in [6, 6.07) is 0. The van der Waals surface area contributed by atoms with Crippen LogP contribution in [0, 0.1) is 0 Å². The number of ether oxygens (including phenoxy) is 1. The van der Waals surface area contributed by atoms with E-state index in [-0.39, 0.29) is 0 Å². The number of hydrogen-bond acceptors (Lipinski definition) is 4. The molecule has 4 heteroatoms. The topological polar surface area (TPSA) is 48.1 Å². The Labute approximate surface area is 101 Å². The predicted octanol–water partition coefficient (Wildman–Crippen LogP) is 2.62. The maximum Gasteiger partial charge on any atom is 0.0985 e. The van der Waals surface area contributed by atoms with Gasteiger partial charge in [-0.3, -0.25) is 0 Å². The third-order valence-electron chi connectivity index (χ3n) is 2.99. The molecule has 0 bridgehead atoms. The van der Waals surface area contributed by atoms with Crippen LogP contribution in [0.25, 0.3) is 0 Å². The van der Waals surface area contributed by atoms with Gasteiger partial charge in [0.05, 0.1) is 17.3 Å². The maximum absolute atomic E-state index is 5.77. The van der Waals surface area contributed by atoms with Gasteiger partial charge in [-0.15, -0.1) is 11.3 Å². The minimum Gasteiger partial charge on any atom is -0.381 e. The largest absolute Gasteiger partial charge is 0.381 e. The van der Waals surface area contributed by atoms with Crippen molar-refractivity contribution in [3.63, 3.8) is 0 Å². The molecule has 0 radical (unpaired) electrons. The van der Waals surface area contributed by atoms with E-state index in [1.165, 1.54) is 22.0 Å². The summed E-state index contributed by atoms with van der Waals surface area (Å²) >= 11 is 1.78. The molecule has 0 saturated carbocycles. The van der Waals surface area contributed by atoms with E-state index < -0.39 is 0 Å². The summed E-state index contributed by atoms with van der Waals surface area (Å²) in [5.74, 6) is 0.963. The minimum absolute atomic E-state index is 0.466. The van der Waals surface area contributed by atoms with Crippen molar-refractivity contribution in [1.82, 2.24) is 4.98 Å². The molecule has 1 aliphatic heterocycles. The molecular weight excluding hydrogens is 220 g/mol. The molecule has 2 rings (SSSR count). The SMILES string of the molecule is CC(C)c1nc(C2CCCOC2)sc1CN. The van der Waals surface area contributed by atoms with Gasteiger partial charge < -0.3 is 10.5 Å². The lowest BCUT2D eigenvalue weighted by atomic mass is 10.0. The predicted molar refractivity (Wildman–Crippen MR) is 66.9 cm³/mol. The average Bonchev–Trinajstić information content (AvgIpc) is 2.74. The summed E-state index contributed by atoms with van der Waals surface area (Å²) in [6.45, 7) is 6.70. The highest BCUT2D eigenvalue weighted by Gasteiger charge is 2.22. The molecular formula is C12H20N2OS. The van der Waals surface area contributed by atoms with Crippen molar-refractivity contribution in [2.75, 3.05) is 13.2 Å². The van der Waals surface area contributed by atoms with Crippen LogP contribution in [0.3, 0.4) is 0 Å². The molecule has 1 saturated heterocycles. The van der Waals surface area contributed by atoms with E-state index in [9.17, 15) is 0 Å². The Morgan fingerprint density at radius 2 is 2.38 bits per heavy atom. The molecule has 1 fully saturated rings. The third-order valence-corrected chi connectivity index (χ3v) is 4.24. The quantitative estimate of drug-likeness (QED) is 0.883. The van der Waals surface area contributed by atoms with E-state index in [2.05, 4.69) is 13.8 Å². The van der Waals surface area contributed by atoms with E-state index in [1.54, 1.807) is 11.3 Å². The number of aromatic nitrogens is 1. The molecule has 2 heterocycles. The lowest BCUT2D eigenvalue weighted by Gasteiger charge is -2.19. The zero-order valence-electron chi connectivity index (χ0n) is 10.0. The Bertz CT molecular complexity index is 343. The number of nitrogens with zero attached hydrogens (tertiary/aromatic N) is 1. The van der Waals surface area contributed by atoms with Crippen LogP contribution in [-0.2, 0) is 11.3 Å². The fraction of sp³-hybridized carbons (Fsp3) is 0.750. The highest BCUT2D eigenvalue weighted by molar-refractivity contribution is 7.11. The Balaban J connectivity index is 2.20. The Kier molecular flexibility index (Phi) is 3.95.